The van der Waals surface area contributed by atoms with Gasteiger partial charge in [-0.3, -0.25) is 24.5 Å². The monoisotopic (exact) mass is 566 g/mol. The number of hydrogen-bond acceptors (Lipinski definition) is 6. The number of carbonyl (C=O) groups is 3. The largest absolute Gasteiger partial charge is 0.325 e. The topological polar surface area (TPSA) is 130 Å². The van der Waals surface area contributed by atoms with Crippen LogP contribution in [0.15, 0.2) is 114 Å². The van der Waals surface area contributed by atoms with E-state index in [0.29, 0.717) is 22.5 Å². The number of nitrogens with zero attached hydrogens (tertiary/aromatic N) is 1. The van der Waals surface area contributed by atoms with Crippen LogP contribution in [0.2, 0.25) is 0 Å². The van der Waals surface area contributed by atoms with Gasteiger partial charge in [0.15, 0.2) is 0 Å². The molecule has 0 fully saturated rings. The Morgan fingerprint density at radius 3 is 2.22 bits per heavy atom. The van der Waals surface area contributed by atoms with E-state index in [0.717, 1.165) is 10.5 Å². The van der Waals surface area contributed by atoms with Crippen molar-refractivity contribution in [3.8, 4) is 0 Å². The van der Waals surface area contributed by atoms with Crippen molar-refractivity contribution < 1.29 is 19.3 Å². The molecule has 10 heteroatoms. The summed E-state index contributed by atoms with van der Waals surface area (Å²) in [6, 6.07) is 28.5. The summed E-state index contributed by atoms with van der Waals surface area (Å²) in [4.78, 5) is 49.8. The number of hydrogen-bond donors (Lipinski definition) is 3. The van der Waals surface area contributed by atoms with E-state index in [9.17, 15) is 24.5 Å². The van der Waals surface area contributed by atoms with Gasteiger partial charge in [-0.25, -0.2) is 0 Å². The number of nitro benzene ring substituents is 1. The van der Waals surface area contributed by atoms with E-state index in [1.54, 1.807) is 48.5 Å². The first kappa shape index (κ1) is 28.8. The second-order valence-corrected chi connectivity index (χ2v) is 9.96. The molecule has 9 nitrogen and oxygen atoms in total. The van der Waals surface area contributed by atoms with E-state index >= 15 is 0 Å². The van der Waals surface area contributed by atoms with Gasteiger partial charge >= 0.3 is 0 Å². The van der Waals surface area contributed by atoms with Gasteiger partial charge in [-0.2, -0.15) is 0 Å². The summed E-state index contributed by atoms with van der Waals surface area (Å²) in [5, 5.41) is 19.3. The first-order valence-electron chi connectivity index (χ1n) is 12.5. The smallest absolute Gasteiger partial charge is 0.272 e. The third-order valence-corrected chi connectivity index (χ3v) is 6.73. The van der Waals surface area contributed by atoms with Crippen LogP contribution in [-0.4, -0.2) is 28.4 Å². The molecule has 0 spiro atoms. The molecule has 0 aliphatic heterocycles. The fourth-order valence-corrected chi connectivity index (χ4v) is 4.40. The summed E-state index contributed by atoms with van der Waals surface area (Å²) in [7, 11) is 0. The third-order valence-electron chi connectivity index (χ3n) is 5.74. The fraction of sp³-hybridized carbons (Fsp3) is 0.0645. The number of aryl methyl sites for hydroxylation is 1. The number of nitro groups is 1. The Balaban J connectivity index is 1.46. The number of amides is 3. The molecule has 0 atom stereocenters. The first-order valence-corrected chi connectivity index (χ1v) is 13.5. The van der Waals surface area contributed by atoms with Crippen LogP contribution in [-0.2, 0) is 9.59 Å². The third kappa shape index (κ3) is 8.64. The molecule has 0 radical (unpaired) electrons. The van der Waals surface area contributed by atoms with Crippen molar-refractivity contribution in [2.45, 2.75) is 11.8 Å². The molecule has 0 saturated heterocycles. The van der Waals surface area contributed by atoms with Crippen molar-refractivity contribution in [2.75, 3.05) is 16.4 Å². The van der Waals surface area contributed by atoms with Crippen LogP contribution < -0.4 is 16.0 Å². The minimum atomic E-state index is -0.591. The van der Waals surface area contributed by atoms with Gasteiger partial charge in [0.05, 0.1) is 10.7 Å². The molecule has 0 aliphatic rings. The van der Waals surface area contributed by atoms with Crippen molar-refractivity contribution in [3.63, 3.8) is 0 Å². The van der Waals surface area contributed by atoms with E-state index in [1.165, 1.54) is 42.1 Å². The number of thioether (sulfide) groups is 1. The molecule has 41 heavy (non-hydrogen) atoms. The SMILES string of the molecule is Cc1ccc(NC(=O)CSc2cccc(NC(=O)/C(=C\c3ccc([N+](=O)[O-])cc3)NC(=O)c3ccccc3)c2)cc1. The van der Waals surface area contributed by atoms with Gasteiger partial charge in [-0.1, -0.05) is 42.0 Å². The van der Waals surface area contributed by atoms with Crippen LogP contribution in [0.3, 0.4) is 0 Å². The maximum atomic E-state index is 13.3. The molecule has 0 aliphatic carbocycles. The molecule has 4 aromatic rings. The maximum Gasteiger partial charge on any atom is 0.272 e. The van der Waals surface area contributed by atoms with Crippen LogP contribution >= 0.6 is 11.8 Å². The Labute approximate surface area is 240 Å². The molecule has 0 saturated carbocycles. The number of rotatable bonds is 10. The van der Waals surface area contributed by atoms with Crippen molar-refractivity contribution in [2.24, 2.45) is 0 Å². The van der Waals surface area contributed by atoms with E-state index in [1.807, 2.05) is 37.3 Å². The fourth-order valence-electron chi connectivity index (χ4n) is 3.65. The van der Waals surface area contributed by atoms with Gasteiger partial charge in [0.25, 0.3) is 17.5 Å². The van der Waals surface area contributed by atoms with Gasteiger partial charge in [-0.15, -0.1) is 11.8 Å². The average molecular weight is 567 g/mol. The van der Waals surface area contributed by atoms with Crippen LogP contribution in [0.4, 0.5) is 17.1 Å². The lowest BCUT2D eigenvalue weighted by atomic mass is 10.1. The molecule has 4 rings (SSSR count). The summed E-state index contributed by atoms with van der Waals surface area (Å²) in [5.41, 5.74) is 2.97. The maximum absolute atomic E-state index is 13.3. The minimum absolute atomic E-state index is 0.0526. The lowest BCUT2D eigenvalue weighted by Crippen LogP contribution is -2.30. The normalized spacial score (nSPS) is 10.9. The van der Waals surface area contributed by atoms with E-state index in [-0.39, 0.29) is 23.0 Å². The van der Waals surface area contributed by atoms with Gasteiger partial charge < -0.3 is 16.0 Å². The quantitative estimate of drug-likeness (QED) is 0.0928. The first-order chi connectivity index (χ1) is 19.8. The highest BCUT2D eigenvalue weighted by Crippen LogP contribution is 2.23. The predicted molar refractivity (Wildman–Crippen MR) is 161 cm³/mol. The predicted octanol–water partition coefficient (Wildman–Crippen LogP) is 6.04. The zero-order valence-corrected chi connectivity index (χ0v) is 22.8. The van der Waals surface area contributed by atoms with Crippen LogP contribution in [0.1, 0.15) is 21.5 Å². The zero-order valence-electron chi connectivity index (χ0n) is 22.0. The Kier molecular flexibility index (Phi) is 9.63. The molecule has 3 amide bonds. The van der Waals surface area contributed by atoms with Crippen molar-refractivity contribution in [1.29, 1.82) is 0 Å². The van der Waals surface area contributed by atoms with Gasteiger partial charge in [0.1, 0.15) is 5.70 Å². The molecule has 0 heterocycles. The van der Waals surface area contributed by atoms with Crippen molar-refractivity contribution in [3.05, 3.63) is 136 Å². The van der Waals surface area contributed by atoms with E-state index < -0.39 is 16.7 Å². The average Bonchev–Trinajstić information content (AvgIpc) is 2.98. The summed E-state index contributed by atoms with van der Waals surface area (Å²) >= 11 is 1.31. The van der Waals surface area contributed by atoms with Crippen LogP contribution in [0.5, 0.6) is 0 Å². The molecule has 3 N–H and O–H groups in total. The number of nitrogens with one attached hydrogen (secondary N) is 3. The standard InChI is InChI=1S/C31H26N4O5S/c1-21-10-14-24(15-11-21)32-29(36)20-41-27-9-5-8-25(19-27)33-31(38)28(34-30(37)23-6-3-2-4-7-23)18-22-12-16-26(17-13-22)35(39)40/h2-19H,20H2,1H3,(H,32,36)(H,33,38)(H,34,37)/b28-18+. The van der Waals surface area contributed by atoms with Gasteiger partial charge in [0.2, 0.25) is 5.91 Å². The second kappa shape index (κ2) is 13.7. The van der Waals surface area contributed by atoms with Gasteiger partial charge in [-0.05, 0) is 73.2 Å². The highest BCUT2D eigenvalue weighted by Gasteiger charge is 2.16. The lowest BCUT2D eigenvalue weighted by molar-refractivity contribution is -0.384. The van der Waals surface area contributed by atoms with Crippen LogP contribution in [0, 0.1) is 17.0 Å². The van der Waals surface area contributed by atoms with Crippen LogP contribution in [0.25, 0.3) is 6.08 Å². The van der Waals surface area contributed by atoms with Crippen molar-refractivity contribution in [1.82, 2.24) is 5.32 Å². The van der Waals surface area contributed by atoms with E-state index in [4.69, 9.17) is 0 Å². The summed E-state index contributed by atoms with van der Waals surface area (Å²) in [6.45, 7) is 1.97. The van der Waals surface area contributed by atoms with E-state index in [2.05, 4.69) is 16.0 Å². The van der Waals surface area contributed by atoms with Gasteiger partial charge in [0, 0.05) is 34.0 Å². The molecule has 0 unspecified atom stereocenters. The highest BCUT2D eigenvalue weighted by atomic mass is 32.2. The number of non-ortho nitro benzene ring substituents is 1. The summed E-state index contributed by atoms with van der Waals surface area (Å²) in [6.07, 6.45) is 1.44. The highest BCUT2D eigenvalue weighted by molar-refractivity contribution is 8.00. The Hall–Kier alpha value is -5.22. The molecule has 0 aromatic heterocycles. The number of benzene rings is 4. The number of anilines is 2. The molecular weight excluding hydrogens is 540 g/mol. The second-order valence-electron chi connectivity index (χ2n) is 8.91. The lowest BCUT2D eigenvalue weighted by Gasteiger charge is -2.12. The summed E-state index contributed by atoms with van der Waals surface area (Å²) in [5.74, 6) is -1.07. The Morgan fingerprint density at radius 1 is 0.829 bits per heavy atom. The zero-order chi connectivity index (χ0) is 29.2. The Morgan fingerprint density at radius 2 is 1.54 bits per heavy atom. The minimum Gasteiger partial charge on any atom is -0.325 e. The molecule has 206 valence electrons. The number of carbonyl (C=O) groups excluding carboxylic acids is 3. The van der Waals surface area contributed by atoms with Crippen molar-refractivity contribution >= 4 is 52.6 Å². The molecule has 0 bridgehead atoms. The molecular formula is C31H26N4O5S. The Bertz CT molecular complexity index is 1590. The summed E-state index contributed by atoms with van der Waals surface area (Å²) < 4.78 is 0. The molecule has 4 aromatic carbocycles.